The molecular formula is C27H25N3O. The van der Waals surface area contributed by atoms with Gasteiger partial charge >= 0.3 is 0 Å². The number of rotatable bonds is 3. The monoisotopic (exact) mass is 407 g/mol. The number of para-hydroxylation sites is 1. The SMILES string of the molecule is CN1CCN(C(=O)c2cc(-c3ccc(-c4ccccc4)cc3)nc3ccccc23)CC1. The molecule has 0 bridgehead atoms. The number of nitrogens with zero attached hydrogens (tertiary/aromatic N) is 3. The van der Waals surface area contributed by atoms with Gasteiger partial charge in [-0.15, -0.1) is 0 Å². The minimum atomic E-state index is 0.0915. The average Bonchev–Trinajstić information content (AvgIpc) is 2.84. The van der Waals surface area contributed by atoms with E-state index in [0.29, 0.717) is 0 Å². The fourth-order valence-corrected chi connectivity index (χ4v) is 4.14. The van der Waals surface area contributed by atoms with E-state index in [4.69, 9.17) is 4.98 Å². The van der Waals surface area contributed by atoms with E-state index < -0.39 is 0 Å². The molecule has 1 amide bonds. The molecule has 1 aromatic heterocycles. The first-order valence-corrected chi connectivity index (χ1v) is 10.7. The highest BCUT2D eigenvalue weighted by Gasteiger charge is 2.23. The molecule has 0 saturated carbocycles. The van der Waals surface area contributed by atoms with Crippen molar-refractivity contribution in [1.29, 1.82) is 0 Å². The maximum Gasteiger partial charge on any atom is 0.254 e. The first-order valence-electron chi connectivity index (χ1n) is 10.7. The Morgan fingerprint density at radius 3 is 2.10 bits per heavy atom. The molecule has 0 unspecified atom stereocenters. The largest absolute Gasteiger partial charge is 0.336 e. The summed E-state index contributed by atoms with van der Waals surface area (Å²) in [6.07, 6.45) is 0. The van der Waals surface area contributed by atoms with Crippen LogP contribution in [0.1, 0.15) is 10.4 Å². The Hall–Kier alpha value is -3.50. The third-order valence-electron chi connectivity index (χ3n) is 6.02. The zero-order valence-corrected chi connectivity index (χ0v) is 17.7. The van der Waals surface area contributed by atoms with E-state index >= 15 is 0 Å². The third-order valence-corrected chi connectivity index (χ3v) is 6.02. The summed E-state index contributed by atoms with van der Waals surface area (Å²) in [5.74, 6) is 0.0915. The Labute approximate surface area is 182 Å². The van der Waals surface area contributed by atoms with Crippen LogP contribution < -0.4 is 0 Å². The van der Waals surface area contributed by atoms with Gasteiger partial charge in [0.1, 0.15) is 0 Å². The molecule has 154 valence electrons. The van der Waals surface area contributed by atoms with E-state index in [2.05, 4.69) is 48.3 Å². The van der Waals surface area contributed by atoms with Crippen molar-refractivity contribution < 1.29 is 4.79 Å². The Morgan fingerprint density at radius 1 is 0.742 bits per heavy atom. The molecule has 0 N–H and O–H groups in total. The standard InChI is InChI=1S/C27H25N3O/c1-29-15-17-30(18-16-29)27(31)24-19-26(28-25-10-6-5-9-23(24)25)22-13-11-21(12-14-22)20-7-3-2-4-8-20/h2-14,19H,15-18H2,1H3. The summed E-state index contributed by atoms with van der Waals surface area (Å²) in [5.41, 5.74) is 5.78. The molecule has 1 fully saturated rings. The van der Waals surface area contributed by atoms with Crippen LogP contribution in [0.2, 0.25) is 0 Å². The number of amides is 1. The zero-order valence-electron chi connectivity index (χ0n) is 17.7. The van der Waals surface area contributed by atoms with Crippen molar-refractivity contribution in [2.24, 2.45) is 0 Å². The summed E-state index contributed by atoms with van der Waals surface area (Å²) in [6, 6.07) is 28.6. The van der Waals surface area contributed by atoms with Crippen LogP contribution in [0, 0.1) is 0 Å². The van der Waals surface area contributed by atoms with Gasteiger partial charge in [0.25, 0.3) is 5.91 Å². The van der Waals surface area contributed by atoms with Gasteiger partial charge in [0.05, 0.1) is 16.8 Å². The minimum Gasteiger partial charge on any atom is -0.336 e. The van der Waals surface area contributed by atoms with Crippen LogP contribution in [-0.2, 0) is 0 Å². The third kappa shape index (κ3) is 3.94. The van der Waals surface area contributed by atoms with Gasteiger partial charge in [0.15, 0.2) is 0 Å². The van der Waals surface area contributed by atoms with Crippen molar-refractivity contribution >= 4 is 16.8 Å². The Balaban J connectivity index is 1.53. The van der Waals surface area contributed by atoms with E-state index in [0.717, 1.165) is 53.9 Å². The fraction of sp³-hybridized carbons (Fsp3) is 0.185. The topological polar surface area (TPSA) is 36.4 Å². The predicted octanol–water partition coefficient (Wildman–Crippen LogP) is 4.96. The highest BCUT2D eigenvalue weighted by atomic mass is 16.2. The van der Waals surface area contributed by atoms with Gasteiger partial charge in [0, 0.05) is 37.1 Å². The molecule has 4 heteroatoms. The lowest BCUT2D eigenvalue weighted by Gasteiger charge is -2.32. The number of pyridine rings is 1. The van der Waals surface area contributed by atoms with Crippen molar-refractivity contribution in [2.45, 2.75) is 0 Å². The van der Waals surface area contributed by atoms with Gasteiger partial charge in [-0.05, 0) is 30.3 Å². The number of hydrogen-bond donors (Lipinski definition) is 0. The average molecular weight is 408 g/mol. The number of carbonyl (C=O) groups excluding carboxylic acids is 1. The molecule has 1 saturated heterocycles. The van der Waals surface area contributed by atoms with Crippen molar-refractivity contribution in [3.63, 3.8) is 0 Å². The lowest BCUT2D eigenvalue weighted by atomic mass is 10.00. The first-order chi connectivity index (χ1) is 15.2. The van der Waals surface area contributed by atoms with Gasteiger partial charge < -0.3 is 9.80 Å². The van der Waals surface area contributed by atoms with Gasteiger partial charge in [-0.2, -0.15) is 0 Å². The molecule has 1 aliphatic rings. The highest BCUT2D eigenvalue weighted by Crippen LogP contribution is 2.28. The summed E-state index contributed by atoms with van der Waals surface area (Å²) in [7, 11) is 2.10. The second-order valence-corrected chi connectivity index (χ2v) is 8.11. The maximum absolute atomic E-state index is 13.4. The fourth-order valence-electron chi connectivity index (χ4n) is 4.14. The Kier molecular flexibility index (Phi) is 5.23. The number of hydrogen-bond acceptors (Lipinski definition) is 3. The zero-order chi connectivity index (χ0) is 21.2. The molecule has 31 heavy (non-hydrogen) atoms. The van der Waals surface area contributed by atoms with E-state index in [9.17, 15) is 4.79 Å². The van der Waals surface area contributed by atoms with Gasteiger partial charge in [-0.3, -0.25) is 4.79 Å². The van der Waals surface area contributed by atoms with Gasteiger partial charge in [-0.25, -0.2) is 4.98 Å². The highest BCUT2D eigenvalue weighted by molar-refractivity contribution is 6.07. The smallest absolute Gasteiger partial charge is 0.254 e. The van der Waals surface area contributed by atoms with E-state index in [1.54, 1.807) is 0 Å². The number of benzene rings is 3. The number of aromatic nitrogens is 1. The van der Waals surface area contributed by atoms with Crippen LogP contribution in [0.5, 0.6) is 0 Å². The lowest BCUT2D eigenvalue weighted by molar-refractivity contribution is 0.0666. The van der Waals surface area contributed by atoms with Crippen LogP contribution in [0.4, 0.5) is 0 Å². The molecular weight excluding hydrogens is 382 g/mol. The second-order valence-electron chi connectivity index (χ2n) is 8.11. The van der Waals surface area contributed by atoms with Crippen molar-refractivity contribution in [1.82, 2.24) is 14.8 Å². The van der Waals surface area contributed by atoms with Crippen LogP contribution in [0.3, 0.4) is 0 Å². The second kappa shape index (κ2) is 8.32. The minimum absolute atomic E-state index is 0.0915. The molecule has 2 heterocycles. The molecule has 0 aliphatic carbocycles. The molecule has 4 aromatic rings. The van der Waals surface area contributed by atoms with Crippen LogP contribution in [0.15, 0.2) is 84.9 Å². The van der Waals surface area contributed by atoms with E-state index in [-0.39, 0.29) is 5.91 Å². The number of likely N-dealkylation sites (N-methyl/N-ethyl adjacent to an activating group) is 1. The number of fused-ring (bicyclic) bond motifs is 1. The first kappa shape index (κ1) is 19.5. The molecule has 1 aliphatic heterocycles. The Morgan fingerprint density at radius 2 is 1.35 bits per heavy atom. The lowest BCUT2D eigenvalue weighted by Crippen LogP contribution is -2.47. The van der Waals surface area contributed by atoms with E-state index in [1.165, 1.54) is 11.1 Å². The van der Waals surface area contributed by atoms with Gasteiger partial charge in [0.2, 0.25) is 0 Å². The van der Waals surface area contributed by atoms with Crippen LogP contribution in [0.25, 0.3) is 33.3 Å². The number of piperazine rings is 1. The summed E-state index contributed by atoms with van der Waals surface area (Å²) >= 11 is 0. The van der Waals surface area contributed by atoms with Gasteiger partial charge in [-0.1, -0.05) is 72.8 Å². The number of carbonyl (C=O) groups is 1. The molecule has 0 radical (unpaired) electrons. The summed E-state index contributed by atoms with van der Waals surface area (Å²) in [6.45, 7) is 3.32. The quantitative estimate of drug-likeness (QED) is 0.482. The van der Waals surface area contributed by atoms with Crippen LogP contribution >= 0.6 is 0 Å². The normalized spacial score (nSPS) is 14.7. The van der Waals surface area contributed by atoms with Crippen molar-refractivity contribution in [3.05, 3.63) is 90.5 Å². The molecule has 5 rings (SSSR count). The summed E-state index contributed by atoms with van der Waals surface area (Å²) in [5, 5.41) is 0.913. The molecule has 0 spiro atoms. The Bertz CT molecular complexity index is 1210. The van der Waals surface area contributed by atoms with E-state index in [1.807, 2.05) is 53.4 Å². The van der Waals surface area contributed by atoms with Crippen molar-refractivity contribution in [2.75, 3.05) is 33.2 Å². The summed E-state index contributed by atoms with van der Waals surface area (Å²) in [4.78, 5) is 22.5. The molecule has 4 nitrogen and oxygen atoms in total. The molecule has 0 atom stereocenters. The van der Waals surface area contributed by atoms with Crippen molar-refractivity contribution in [3.8, 4) is 22.4 Å². The van der Waals surface area contributed by atoms with Crippen LogP contribution in [-0.4, -0.2) is 53.9 Å². The maximum atomic E-state index is 13.4. The molecule has 3 aromatic carbocycles. The predicted molar refractivity (Wildman–Crippen MR) is 126 cm³/mol. The summed E-state index contributed by atoms with van der Waals surface area (Å²) < 4.78 is 0.